The van der Waals surface area contributed by atoms with Crippen LogP contribution in [0.25, 0.3) is 103 Å². The highest BCUT2D eigenvalue weighted by Gasteiger charge is 2.25. The number of furan rings is 1. The van der Waals surface area contributed by atoms with Crippen LogP contribution < -0.4 is 0 Å². The van der Waals surface area contributed by atoms with Crippen LogP contribution in [0.2, 0.25) is 0 Å². The number of thiophene rings is 1. The molecule has 0 spiro atoms. The van der Waals surface area contributed by atoms with Gasteiger partial charge in [0.05, 0.1) is 27.6 Å². The van der Waals surface area contributed by atoms with Gasteiger partial charge in [-0.1, -0.05) is 97.1 Å². The summed E-state index contributed by atoms with van der Waals surface area (Å²) in [5.74, 6) is 0. The number of fused-ring (bicyclic) bond motifs is 13. The molecule has 0 aliphatic heterocycles. The molecule has 0 saturated carbocycles. The van der Waals surface area contributed by atoms with Gasteiger partial charge >= 0.3 is 0 Å². The van der Waals surface area contributed by atoms with Crippen molar-refractivity contribution in [3.8, 4) is 22.5 Å². The fourth-order valence-electron chi connectivity index (χ4n) is 8.94. The number of rotatable bonds is 3. The number of para-hydroxylation sites is 3. The summed E-state index contributed by atoms with van der Waals surface area (Å²) < 4.78 is 14.4. The first-order chi connectivity index (χ1) is 25.8. The molecule has 0 atom stereocenters. The van der Waals surface area contributed by atoms with Gasteiger partial charge in [0.25, 0.3) is 0 Å². The number of benzene rings is 7. The summed E-state index contributed by atoms with van der Waals surface area (Å²) in [6.07, 6.45) is 6.67. The van der Waals surface area contributed by atoms with Crippen LogP contribution in [-0.4, -0.2) is 9.13 Å². The van der Waals surface area contributed by atoms with E-state index in [-0.39, 0.29) is 0 Å². The Bertz CT molecular complexity index is 3310. The minimum absolute atomic E-state index is 0.914. The fourth-order valence-corrected chi connectivity index (χ4v) is 10.0. The molecule has 1 aliphatic rings. The second-order valence-corrected chi connectivity index (χ2v) is 15.0. The minimum atomic E-state index is 0.914. The Morgan fingerprint density at radius 1 is 0.538 bits per heavy atom. The number of allylic oxidation sites excluding steroid dienone is 1. The van der Waals surface area contributed by atoms with Gasteiger partial charge < -0.3 is 13.6 Å². The molecule has 11 aromatic rings. The SMILES string of the molecule is C1=Cc2c(n(-c3cccc4c5c6oc7ccccc7c6ccc5n(-c5cccc(-c6ccc7sc8ccccc8c7c6)c5)c34)c3ccccc23)CC1. The Hall–Kier alpha value is -6.36. The lowest BCUT2D eigenvalue weighted by atomic mass is 10.0. The van der Waals surface area contributed by atoms with Gasteiger partial charge in [0.1, 0.15) is 11.2 Å². The number of aromatic nitrogens is 2. The highest BCUT2D eigenvalue weighted by atomic mass is 32.1. The van der Waals surface area contributed by atoms with Gasteiger partial charge in [0.2, 0.25) is 0 Å². The van der Waals surface area contributed by atoms with E-state index in [1.807, 2.05) is 11.3 Å². The van der Waals surface area contributed by atoms with Crippen LogP contribution in [0, 0.1) is 0 Å². The summed E-state index contributed by atoms with van der Waals surface area (Å²) in [4.78, 5) is 0. The van der Waals surface area contributed by atoms with Crippen molar-refractivity contribution in [2.45, 2.75) is 12.8 Å². The highest BCUT2D eigenvalue weighted by Crippen LogP contribution is 2.45. The number of nitrogens with zero attached hydrogens (tertiary/aromatic N) is 2. The van der Waals surface area contributed by atoms with Crippen molar-refractivity contribution in [3.05, 3.63) is 163 Å². The lowest BCUT2D eigenvalue weighted by Crippen LogP contribution is -2.05. The van der Waals surface area contributed by atoms with E-state index in [4.69, 9.17) is 4.42 Å². The maximum Gasteiger partial charge on any atom is 0.145 e. The molecule has 0 saturated heterocycles. The van der Waals surface area contributed by atoms with Crippen LogP contribution in [0.4, 0.5) is 0 Å². The summed E-state index contributed by atoms with van der Waals surface area (Å²) in [5, 5.41) is 8.55. The van der Waals surface area contributed by atoms with Crippen LogP contribution in [-0.2, 0) is 6.42 Å². The molecule has 0 N–H and O–H groups in total. The average Bonchev–Trinajstić information content (AvgIpc) is 3.95. The number of hydrogen-bond donors (Lipinski definition) is 0. The van der Waals surface area contributed by atoms with Crippen LogP contribution in [0.5, 0.6) is 0 Å². The molecule has 4 heteroatoms. The van der Waals surface area contributed by atoms with E-state index >= 15 is 0 Å². The minimum Gasteiger partial charge on any atom is -0.455 e. The van der Waals surface area contributed by atoms with Crippen molar-refractivity contribution >= 4 is 92.2 Å². The molecule has 0 bridgehead atoms. The Kier molecular flexibility index (Phi) is 5.77. The third-order valence-electron chi connectivity index (χ3n) is 11.2. The maximum atomic E-state index is 6.75. The normalized spacial score (nSPS) is 13.2. The largest absolute Gasteiger partial charge is 0.455 e. The topological polar surface area (TPSA) is 23.0 Å². The molecule has 7 aromatic carbocycles. The van der Waals surface area contributed by atoms with Crippen LogP contribution in [0.1, 0.15) is 17.7 Å². The smallest absolute Gasteiger partial charge is 0.145 e. The van der Waals surface area contributed by atoms with Gasteiger partial charge in [-0.25, -0.2) is 0 Å². The van der Waals surface area contributed by atoms with Gasteiger partial charge in [-0.2, -0.15) is 0 Å². The highest BCUT2D eigenvalue weighted by molar-refractivity contribution is 7.25. The van der Waals surface area contributed by atoms with E-state index in [1.54, 1.807) is 0 Å². The zero-order valence-electron chi connectivity index (χ0n) is 28.1. The Labute approximate surface area is 302 Å². The van der Waals surface area contributed by atoms with Crippen LogP contribution in [0.15, 0.2) is 156 Å². The zero-order chi connectivity index (χ0) is 33.9. The Morgan fingerprint density at radius 3 is 2.29 bits per heavy atom. The molecule has 0 unspecified atom stereocenters. The fraction of sp³-hybridized carbons (Fsp3) is 0.0417. The lowest BCUT2D eigenvalue weighted by Gasteiger charge is -2.17. The standard InChI is InChI=1S/C48H30N2OS/c1-5-18-39-32(13-1)33-14-2-6-19-40(33)50(39)42-20-10-17-37-46-41(25-24-36-34-15-3-7-21-43(34)51-48(36)46)49(47(37)42)31-12-9-11-29(27-31)30-23-26-45-38(28-30)35-16-4-8-22-44(35)52-45/h1-5,7-18,20-28H,6,19H2. The molecule has 4 aromatic heterocycles. The second kappa shape index (κ2) is 10.6. The summed E-state index contributed by atoms with van der Waals surface area (Å²) in [5.41, 5.74) is 12.8. The molecule has 0 radical (unpaired) electrons. The first-order valence-corrected chi connectivity index (χ1v) is 18.8. The first kappa shape index (κ1) is 28.3. The van der Waals surface area contributed by atoms with Gasteiger partial charge in [-0.15, -0.1) is 11.3 Å². The van der Waals surface area contributed by atoms with E-state index in [1.165, 1.54) is 70.0 Å². The molecular weight excluding hydrogens is 653 g/mol. The lowest BCUT2D eigenvalue weighted by molar-refractivity contribution is 0.673. The van der Waals surface area contributed by atoms with Crippen molar-refractivity contribution in [2.24, 2.45) is 0 Å². The molecule has 0 fully saturated rings. The Morgan fingerprint density at radius 2 is 1.33 bits per heavy atom. The molecular formula is C48H30N2OS. The summed E-state index contributed by atoms with van der Waals surface area (Å²) >= 11 is 1.86. The zero-order valence-corrected chi connectivity index (χ0v) is 29.0. The van der Waals surface area contributed by atoms with Crippen molar-refractivity contribution in [2.75, 3.05) is 0 Å². The molecule has 4 heterocycles. The molecule has 12 rings (SSSR count). The van der Waals surface area contributed by atoms with Gasteiger partial charge in [0.15, 0.2) is 0 Å². The molecule has 1 aliphatic carbocycles. The molecule has 0 amide bonds. The van der Waals surface area contributed by atoms with E-state index in [0.29, 0.717) is 0 Å². The third-order valence-corrected chi connectivity index (χ3v) is 12.3. The van der Waals surface area contributed by atoms with Crippen LogP contribution >= 0.6 is 11.3 Å². The quantitative estimate of drug-likeness (QED) is 0.182. The third kappa shape index (κ3) is 3.85. The predicted molar refractivity (Wildman–Crippen MR) is 221 cm³/mol. The van der Waals surface area contributed by atoms with E-state index in [9.17, 15) is 0 Å². The summed E-state index contributed by atoms with van der Waals surface area (Å²) in [6, 6.07) is 53.3. The predicted octanol–water partition coefficient (Wildman–Crippen LogP) is 13.6. The second-order valence-electron chi connectivity index (χ2n) is 14.0. The van der Waals surface area contributed by atoms with E-state index in [0.717, 1.165) is 51.4 Å². The molecule has 52 heavy (non-hydrogen) atoms. The van der Waals surface area contributed by atoms with Gasteiger partial charge in [0, 0.05) is 58.7 Å². The monoisotopic (exact) mass is 682 g/mol. The van der Waals surface area contributed by atoms with Crippen molar-refractivity contribution in [1.29, 1.82) is 0 Å². The van der Waals surface area contributed by atoms with Gasteiger partial charge in [-0.3, -0.25) is 0 Å². The maximum absolute atomic E-state index is 6.75. The van der Waals surface area contributed by atoms with Gasteiger partial charge in [-0.05, 0) is 84.6 Å². The van der Waals surface area contributed by atoms with Crippen molar-refractivity contribution in [1.82, 2.24) is 9.13 Å². The van der Waals surface area contributed by atoms with Crippen LogP contribution in [0.3, 0.4) is 0 Å². The molecule has 244 valence electrons. The first-order valence-electron chi connectivity index (χ1n) is 18.0. The van der Waals surface area contributed by atoms with Crippen molar-refractivity contribution in [3.63, 3.8) is 0 Å². The average molecular weight is 683 g/mol. The van der Waals surface area contributed by atoms with E-state index in [2.05, 4.69) is 167 Å². The summed E-state index contributed by atoms with van der Waals surface area (Å²) in [7, 11) is 0. The number of hydrogen-bond acceptors (Lipinski definition) is 2. The molecule has 3 nitrogen and oxygen atoms in total. The van der Waals surface area contributed by atoms with E-state index < -0.39 is 0 Å². The Balaban J connectivity index is 1.19. The summed E-state index contributed by atoms with van der Waals surface area (Å²) in [6.45, 7) is 0. The van der Waals surface area contributed by atoms with Crippen molar-refractivity contribution < 1.29 is 4.42 Å².